The molecule has 3 aromatic heterocycles. The summed E-state index contributed by atoms with van der Waals surface area (Å²) >= 11 is 0. The number of aromatic amines is 1. The van der Waals surface area contributed by atoms with E-state index in [1.807, 2.05) is 24.5 Å². The number of imidazole rings is 2. The van der Waals surface area contributed by atoms with Crippen LogP contribution >= 0.6 is 0 Å². The fraction of sp³-hybridized carbons (Fsp3) is 0.0909. The molecule has 0 bridgehead atoms. The first-order chi connectivity index (χ1) is 7.36. The van der Waals surface area contributed by atoms with Crippen LogP contribution in [0.3, 0.4) is 0 Å². The lowest BCUT2D eigenvalue weighted by Gasteiger charge is -2.02. The molecule has 15 heavy (non-hydrogen) atoms. The molecular weight excluding hydrogens is 188 g/mol. The lowest BCUT2D eigenvalue weighted by molar-refractivity contribution is 1.08. The molecule has 3 rings (SSSR count). The predicted molar refractivity (Wildman–Crippen MR) is 57.5 cm³/mol. The highest BCUT2D eigenvalue weighted by Gasteiger charge is 2.08. The van der Waals surface area contributed by atoms with Crippen LogP contribution in [0.2, 0.25) is 0 Å². The zero-order chi connectivity index (χ0) is 10.3. The van der Waals surface area contributed by atoms with Crippen molar-refractivity contribution in [2.24, 2.45) is 0 Å². The molecule has 0 saturated carbocycles. The molecule has 0 atom stereocenters. The zero-order valence-corrected chi connectivity index (χ0v) is 8.31. The second-order valence-corrected chi connectivity index (χ2v) is 3.44. The van der Waals surface area contributed by atoms with E-state index in [4.69, 9.17) is 0 Å². The summed E-state index contributed by atoms with van der Waals surface area (Å²) in [6, 6.07) is 6.05. The molecule has 0 radical (unpaired) electrons. The Hall–Kier alpha value is -2.10. The summed E-state index contributed by atoms with van der Waals surface area (Å²) in [4.78, 5) is 11.7. The van der Waals surface area contributed by atoms with Crippen LogP contribution in [0.25, 0.3) is 17.2 Å². The molecule has 1 N–H and O–H groups in total. The highest BCUT2D eigenvalue weighted by Crippen LogP contribution is 2.18. The average Bonchev–Trinajstić information content (AvgIpc) is 2.85. The minimum atomic E-state index is 0.844. The van der Waals surface area contributed by atoms with Crippen LogP contribution in [0.1, 0.15) is 5.69 Å². The summed E-state index contributed by atoms with van der Waals surface area (Å²) in [6.45, 7) is 2.06. The smallest absolute Gasteiger partial charge is 0.156 e. The van der Waals surface area contributed by atoms with Gasteiger partial charge in [0.1, 0.15) is 11.3 Å². The van der Waals surface area contributed by atoms with Crippen LogP contribution in [0, 0.1) is 6.92 Å². The molecule has 0 aliphatic carbocycles. The predicted octanol–water partition coefficient (Wildman–Crippen LogP) is 2.03. The Balaban J connectivity index is 2.37. The summed E-state index contributed by atoms with van der Waals surface area (Å²) in [6.07, 6.45) is 5.39. The number of H-pyrrole nitrogens is 1. The average molecular weight is 198 g/mol. The molecule has 0 aliphatic rings. The third kappa shape index (κ3) is 1.15. The van der Waals surface area contributed by atoms with E-state index in [1.165, 1.54) is 0 Å². The lowest BCUT2D eigenvalue weighted by atomic mass is 10.3. The van der Waals surface area contributed by atoms with Crippen LogP contribution in [-0.2, 0) is 0 Å². The Bertz CT molecular complexity index is 592. The van der Waals surface area contributed by atoms with Crippen molar-refractivity contribution in [3.05, 3.63) is 42.5 Å². The van der Waals surface area contributed by atoms with Crippen molar-refractivity contribution < 1.29 is 0 Å². The first-order valence-electron chi connectivity index (χ1n) is 4.79. The van der Waals surface area contributed by atoms with Gasteiger partial charge in [-0.25, -0.2) is 9.97 Å². The molecule has 74 valence electrons. The fourth-order valence-electron chi connectivity index (χ4n) is 1.77. The van der Waals surface area contributed by atoms with Crippen molar-refractivity contribution in [2.75, 3.05) is 0 Å². The number of hydrogen-bond acceptors (Lipinski definition) is 2. The Morgan fingerprint density at radius 1 is 1.27 bits per heavy atom. The summed E-state index contributed by atoms with van der Waals surface area (Å²) in [5, 5.41) is 0. The maximum Gasteiger partial charge on any atom is 0.156 e. The molecule has 3 heterocycles. The highest BCUT2D eigenvalue weighted by molar-refractivity contribution is 5.57. The van der Waals surface area contributed by atoms with E-state index >= 15 is 0 Å². The van der Waals surface area contributed by atoms with Crippen molar-refractivity contribution >= 4 is 5.65 Å². The Morgan fingerprint density at radius 3 is 3.00 bits per heavy atom. The first kappa shape index (κ1) is 8.23. The monoisotopic (exact) mass is 198 g/mol. The second kappa shape index (κ2) is 2.95. The molecule has 0 aliphatic heterocycles. The van der Waals surface area contributed by atoms with Gasteiger partial charge in [0.2, 0.25) is 0 Å². The van der Waals surface area contributed by atoms with Gasteiger partial charge in [0, 0.05) is 18.1 Å². The minimum absolute atomic E-state index is 0.844. The summed E-state index contributed by atoms with van der Waals surface area (Å²) in [5.74, 6) is 0.844. The van der Waals surface area contributed by atoms with Crippen LogP contribution < -0.4 is 0 Å². The molecule has 0 aromatic carbocycles. The van der Waals surface area contributed by atoms with Crippen molar-refractivity contribution in [1.82, 2.24) is 19.4 Å². The fourth-order valence-corrected chi connectivity index (χ4v) is 1.77. The number of hydrogen-bond donors (Lipinski definition) is 1. The van der Waals surface area contributed by atoms with Gasteiger partial charge in [-0.1, -0.05) is 6.07 Å². The number of aryl methyl sites for hydroxylation is 1. The number of nitrogens with one attached hydrogen (secondary N) is 1. The molecule has 0 unspecified atom stereocenters. The number of fused-ring (bicyclic) bond motifs is 1. The second-order valence-electron chi connectivity index (χ2n) is 3.44. The van der Waals surface area contributed by atoms with E-state index in [9.17, 15) is 0 Å². The molecule has 0 spiro atoms. The van der Waals surface area contributed by atoms with Crippen LogP contribution in [-0.4, -0.2) is 19.4 Å². The van der Waals surface area contributed by atoms with Gasteiger partial charge in [-0.15, -0.1) is 0 Å². The maximum atomic E-state index is 4.34. The number of aromatic nitrogens is 4. The summed E-state index contributed by atoms with van der Waals surface area (Å²) < 4.78 is 2.08. The normalized spacial score (nSPS) is 11.0. The van der Waals surface area contributed by atoms with Crippen molar-refractivity contribution in [1.29, 1.82) is 0 Å². The zero-order valence-electron chi connectivity index (χ0n) is 8.31. The Kier molecular flexibility index (Phi) is 1.62. The van der Waals surface area contributed by atoms with E-state index < -0.39 is 0 Å². The van der Waals surface area contributed by atoms with E-state index in [-0.39, 0.29) is 0 Å². The van der Waals surface area contributed by atoms with Crippen molar-refractivity contribution in [3.63, 3.8) is 0 Å². The summed E-state index contributed by atoms with van der Waals surface area (Å²) in [5.41, 5.74) is 3.09. The standard InChI is InChI=1S/C11H10N4/c1-8-3-2-4-10-14-7-9(15(8)10)11-12-5-6-13-11/h2-7H,1H3,(H,12,13). The van der Waals surface area contributed by atoms with Gasteiger partial charge in [0.25, 0.3) is 0 Å². The van der Waals surface area contributed by atoms with E-state index in [2.05, 4.69) is 32.3 Å². The largest absolute Gasteiger partial charge is 0.343 e. The molecule has 3 aromatic rings. The Labute approximate surface area is 86.6 Å². The van der Waals surface area contributed by atoms with Crippen molar-refractivity contribution in [2.45, 2.75) is 6.92 Å². The quantitative estimate of drug-likeness (QED) is 0.650. The number of pyridine rings is 1. The van der Waals surface area contributed by atoms with Gasteiger partial charge >= 0.3 is 0 Å². The van der Waals surface area contributed by atoms with Gasteiger partial charge in [-0.2, -0.15) is 0 Å². The van der Waals surface area contributed by atoms with Crippen LogP contribution in [0.5, 0.6) is 0 Å². The highest BCUT2D eigenvalue weighted by atomic mass is 15.1. The molecule has 0 fully saturated rings. The minimum Gasteiger partial charge on any atom is -0.343 e. The van der Waals surface area contributed by atoms with Gasteiger partial charge in [0.15, 0.2) is 5.82 Å². The molecule has 4 heteroatoms. The van der Waals surface area contributed by atoms with Crippen LogP contribution in [0.15, 0.2) is 36.8 Å². The third-order valence-electron chi connectivity index (χ3n) is 2.47. The topological polar surface area (TPSA) is 46.0 Å². The van der Waals surface area contributed by atoms with Gasteiger partial charge < -0.3 is 4.98 Å². The molecule has 4 nitrogen and oxygen atoms in total. The first-order valence-corrected chi connectivity index (χ1v) is 4.79. The maximum absolute atomic E-state index is 4.34. The van der Waals surface area contributed by atoms with Crippen LogP contribution in [0.4, 0.5) is 0 Å². The van der Waals surface area contributed by atoms with E-state index in [0.717, 1.165) is 22.9 Å². The van der Waals surface area contributed by atoms with E-state index in [0.29, 0.717) is 0 Å². The lowest BCUT2D eigenvalue weighted by Crippen LogP contribution is -1.93. The van der Waals surface area contributed by atoms with Gasteiger partial charge in [-0.05, 0) is 19.1 Å². The van der Waals surface area contributed by atoms with Gasteiger partial charge in [0.05, 0.1) is 6.20 Å². The third-order valence-corrected chi connectivity index (χ3v) is 2.47. The van der Waals surface area contributed by atoms with Gasteiger partial charge in [-0.3, -0.25) is 4.40 Å². The molecule has 0 saturated heterocycles. The summed E-state index contributed by atoms with van der Waals surface area (Å²) in [7, 11) is 0. The Morgan fingerprint density at radius 2 is 2.20 bits per heavy atom. The number of rotatable bonds is 1. The SMILES string of the molecule is Cc1cccc2ncc(-c3ncc[nH]3)n12. The molecule has 0 amide bonds. The number of nitrogens with zero attached hydrogens (tertiary/aromatic N) is 3. The van der Waals surface area contributed by atoms with Crippen molar-refractivity contribution in [3.8, 4) is 11.5 Å². The molecular formula is C11H10N4. The van der Waals surface area contributed by atoms with E-state index in [1.54, 1.807) is 6.20 Å².